The number of nitrogens with zero attached hydrogens (tertiary/aromatic N) is 1. The molecule has 0 bridgehead atoms. The highest BCUT2D eigenvalue weighted by molar-refractivity contribution is 5.68. The third-order valence-electron chi connectivity index (χ3n) is 3.24. The van der Waals surface area contributed by atoms with Crippen molar-refractivity contribution in [1.29, 1.82) is 0 Å². The van der Waals surface area contributed by atoms with Gasteiger partial charge in [0.1, 0.15) is 5.60 Å². The fourth-order valence-electron chi connectivity index (χ4n) is 2.15. The topological polar surface area (TPSA) is 49.8 Å². The minimum atomic E-state index is -0.464. The van der Waals surface area contributed by atoms with Crippen molar-refractivity contribution in [3.8, 4) is 0 Å². The molecule has 1 saturated heterocycles. The summed E-state index contributed by atoms with van der Waals surface area (Å²) in [4.78, 5) is 13.3. The molecule has 0 radical (unpaired) electrons. The lowest BCUT2D eigenvalue weighted by atomic mass is 10.2. The van der Waals surface area contributed by atoms with Gasteiger partial charge >= 0.3 is 6.09 Å². The molecule has 0 aromatic heterocycles. The molecule has 1 aliphatic heterocycles. The van der Waals surface area contributed by atoms with Crippen LogP contribution in [-0.2, 0) is 4.74 Å². The summed E-state index contributed by atoms with van der Waals surface area (Å²) in [6, 6.07) is 10.3. The van der Waals surface area contributed by atoms with Crippen LogP contribution >= 0.6 is 0 Å². The molecule has 0 spiro atoms. The molecule has 0 aliphatic carbocycles. The zero-order valence-corrected chi connectivity index (χ0v) is 14.2. The SMILES string of the molecule is CC(C)(C)OC(=O)N1CCCCC(O)C1.Cc1ccccc1. The smallest absolute Gasteiger partial charge is 0.410 e. The summed E-state index contributed by atoms with van der Waals surface area (Å²) in [6.45, 7) is 8.71. The van der Waals surface area contributed by atoms with E-state index in [-0.39, 0.29) is 6.09 Å². The molecule has 1 unspecified atom stereocenters. The van der Waals surface area contributed by atoms with E-state index in [0.29, 0.717) is 13.1 Å². The minimum absolute atomic E-state index is 0.316. The maximum Gasteiger partial charge on any atom is 0.410 e. The van der Waals surface area contributed by atoms with Gasteiger partial charge in [0.25, 0.3) is 0 Å². The Morgan fingerprint density at radius 3 is 2.36 bits per heavy atom. The van der Waals surface area contributed by atoms with Crippen LogP contribution in [0.25, 0.3) is 0 Å². The van der Waals surface area contributed by atoms with Crippen molar-refractivity contribution in [1.82, 2.24) is 4.90 Å². The van der Waals surface area contributed by atoms with Crippen molar-refractivity contribution >= 4 is 6.09 Å². The molecule has 4 heteroatoms. The van der Waals surface area contributed by atoms with Gasteiger partial charge in [-0.25, -0.2) is 4.79 Å². The van der Waals surface area contributed by atoms with Gasteiger partial charge in [-0.15, -0.1) is 0 Å². The van der Waals surface area contributed by atoms with Gasteiger partial charge in [-0.2, -0.15) is 0 Å². The van der Waals surface area contributed by atoms with E-state index in [2.05, 4.69) is 19.1 Å². The van der Waals surface area contributed by atoms with Crippen LogP contribution in [0, 0.1) is 6.92 Å². The number of benzene rings is 1. The predicted molar refractivity (Wildman–Crippen MR) is 88.8 cm³/mol. The van der Waals surface area contributed by atoms with Crippen LogP contribution < -0.4 is 0 Å². The van der Waals surface area contributed by atoms with Crippen LogP contribution in [0.3, 0.4) is 0 Å². The fraction of sp³-hybridized carbons (Fsp3) is 0.611. The van der Waals surface area contributed by atoms with Crippen LogP contribution in [0.5, 0.6) is 0 Å². The zero-order valence-electron chi connectivity index (χ0n) is 14.2. The molecule has 2 rings (SSSR count). The predicted octanol–water partition coefficient (Wildman–Crippen LogP) is 3.76. The lowest BCUT2D eigenvalue weighted by Gasteiger charge is -2.27. The van der Waals surface area contributed by atoms with Gasteiger partial charge in [0.2, 0.25) is 0 Å². The quantitative estimate of drug-likeness (QED) is 0.794. The molecule has 1 N–H and O–H groups in total. The molecule has 1 aromatic rings. The molecule has 1 fully saturated rings. The Morgan fingerprint density at radius 2 is 1.86 bits per heavy atom. The normalized spacial score (nSPS) is 18.8. The Balaban J connectivity index is 0.000000287. The number of carbonyl (C=O) groups excluding carboxylic acids is 1. The van der Waals surface area contributed by atoms with Gasteiger partial charge in [0.15, 0.2) is 0 Å². The highest BCUT2D eigenvalue weighted by atomic mass is 16.6. The number of hydrogen-bond donors (Lipinski definition) is 1. The molecule has 4 nitrogen and oxygen atoms in total. The Bertz CT molecular complexity index is 439. The molecular weight excluding hydrogens is 278 g/mol. The van der Waals surface area contributed by atoms with Gasteiger partial charge in [-0.3, -0.25) is 0 Å². The van der Waals surface area contributed by atoms with Gasteiger partial charge < -0.3 is 14.7 Å². The highest BCUT2D eigenvalue weighted by Gasteiger charge is 2.25. The first-order chi connectivity index (χ1) is 10.3. The van der Waals surface area contributed by atoms with Gasteiger partial charge in [-0.1, -0.05) is 35.9 Å². The van der Waals surface area contributed by atoms with E-state index in [4.69, 9.17) is 4.74 Å². The third kappa shape index (κ3) is 8.03. The molecule has 1 aromatic carbocycles. The third-order valence-corrected chi connectivity index (χ3v) is 3.24. The largest absolute Gasteiger partial charge is 0.444 e. The van der Waals surface area contributed by atoms with Gasteiger partial charge in [0, 0.05) is 13.1 Å². The average Bonchev–Trinajstić information content (AvgIpc) is 2.63. The van der Waals surface area contributed by atoms with Crippen LogP contribution in [-0.4, -0.2) is 40.9 Å². The number of ether oxygens (including phenoxy) is 1. The van der Waals surface area contributed by atoms with Crippen LogP contribution in [0.15, 0.2) is 30.3 Å². The van der Waals surface area contributed by atoms with Crippen molar-refractivity contribution in [2.24, 2.45) is 0 Å². The second-order valence-electron chi connectivity index (χ2n) is 6.73. The maximum atomic E-state index is 11.7. The Morgan fingerprint density at radius 1 is 1.23 bits per heavy atom. The number of β-amino-alcohol motifs (C(OH)–C–C–N with tert-alkyl or cyclic N) is 1. The van der Waals surface area contributed by atoms with Crippen molar-refractivity contribution in [3.63, 3.8) is 0 Å². The number of aryl methyl sites for hydroxylation is 1. The van der Waals surface area contributed by atoms with Crippen molar-refractivity contribution < 1.29 is 14.6 Å². The van der Waals surface area contributed by atoms with Crippen molar-refractivity contribution in [2.45, 2.75) is 58.7 Å². The lowest BCUT2D eigenvalue weighted by Crippen LogP contribution is -2.40. The van der Waals surface area contributed by atoms with E-state index < -0.39 is 11.7 Å². The molecular formula is C18H29NO3. The van der Waals surface area contributed by atoms with Gasteiger partial charge in [-0.05, 0) is 47.0 Å². The summed E-state index contributed by atoms with van der Waals surface area (Å²) in [5, 5.41) is 9.56. The first-order valence-electron chi connectivity index (χ1n) is 7.95. The number of aliphatic hydroxyl groups excluding tert-OH is 1. The molecule has 22 heavy (non-hydrogen) atoms. The summed E-state index contributed by atoms with van der Waals surface area (Å²) in [5.74, 6) is 0. The fourth-order valence-corrected chi connectivity index (χ4v) is 2.15. The number of amides is 1. The van der Waals surface area contributed by atoms with E-state index in [1.165, 1.54) is 5.56 Å². The number of hydrogen-bond acceptors (Lipinski definition) is 3. The molecule has 1 heterocycles. The number of rotatable bonds is 0. The summed E-state index contributed by atoms with van der Waals surface area (Å²) >= 11 is 0. The highest BCUT2D eigenvalue weighted by Crippen LogP contribution is 2.15. The standard InChI is InChI=1S/C11H21NO3.C7H8/c1-11(2,3)15-10(14)12-7-5-4-6-9(13)8-12;1-7-5-3-2-4-6-7/h9,13H,4-8H2,1-3H3;2-6H,1H3. The number of likely N-dealkylation sites (tertiary alicyclic amines) is 1. The summed E-state index contributed by atoms with van der Waals surface area (Å²) in [7, 11) is 0. The van der Waals surface area contributed by atoms with Crippen molar-refractivity contribution in [3.05, 3.63) is 35.9 Å². The van der Waals surface area contributed by atoms with Crippen molar-refractivity contribution in [2.75, 3.05) is 13.1 Å². The van der Waals surface area contributed by atoms with E-state index in [9.17, 15) is 9.90 Å². The minimum Gasteiger partial charge on any atom is -0.444 e. The first kappa shape index (κ1) is 18.5. The molecule has 124 valence electrons. The second-order valence-corrected chi connectivity index (χ2v) is 6.73. The van der Waals surface area contributed by atoms with E-state index >= 15 is 0 Å². The van der Waals surface area contributed by atoms with Gasteiger partial charge in [0.05, 0.1) is 6.10 Å². The monoisotopic (exact) mass is 307 g/mol. The molecule has 1 amide bonds. The Labute approximate surface area is 134 Å². The van der Waals surface area contributed by atoms with Crippen LogP contribution in [0.4, 0.5) is 4.79 Å². The summed E-state index contributed by atoms with van der Waals surface area (Å²) < 4.78 is 5.26. The van der Waals surface area contributed by atoms with E-state index in [1.807, 2.05) is 39.0 Å². The first-order valence-corrected chi connectivity index (χ1v) is 7.95. The molecule has 1 atom stereocenters. The van der Waals surface area contributed by atoms with Crippen LogP contribution in [0.1, 0.15) is 45.6 Å². The molecule has 0 saturated carbocycles. The number of carbonyl (C=O) groups is 1. The van der Waals surface area contributed by atoms with E-state index in [1.54, 1.807) is 4.90 Å². The van der Waals surface area contributed by atoms with Crippen LogP contribution in [0.2, 0.25) is 0 Å². The maximum absolute atomic E-state index is 11.7. The Kier molecular flexibility index (Phi) is 7.39. The zero-order chi connectivity index (χ0) is 16.6. The Hall–Kier alpha value is -1.55. The molecule has 1 aliphatic rings. The second kappa shape index (κ2) is 8.79. The summed E-state index contributed by atoms with van der Waals surface area (Å²) in [5.41, 5.74) is 0.858. The summed E-state index contributed by atoms with van der Waals surface area (Å²) in [6.07, 6.45) is 1.97. The van der Waals surface area contributed by atoms with E-state index in [0.717, 1.165) is 19.3 Å². The number of aliphatic hydroxyl groups is 1. The average molecular weight is 307 g/mol. The lowest BCUT2D eigenvalue weighted by molar-refractivity contribution is 0.0173.